The van der Waals surface area contributed by atoms with Gasteiger partial charge in [-0.3, -0.25) is 4.79 Å². The summed E-state index contributed by atoms with van der Waals surface area (Å²) in [7, 11) is 3.41. The molecular formula is C14H16N2O2S. The molecule has 2 rings (SSSR count). The zero-order chi connectivity index (χ0) is 13.7. The fourth-order valence-corrected chi connectivity index (χ4v) is 2.30. The molecule has 0 saturated heterocycles. The summed E-state index contributed by atoms with van der Waals surface area (Å²) in [6.45, 7) is 0.665. The number of thiazole rings is 1. The molecule has 0 aliphatic heterocycles. The summed E-state index contributed by atoms with van der Waals surface area (Å²) in [6, 6.07) is 7.14. The van der Waals surface area contributed by atoms with E-state index >= 15 is 0 Å². The van der Waals surface area contributed by atoms with E-state index in [1.807, 2.05) is 5.38 Å². The maximum Gasteiger partial charge on any atom is 0.253 e. The molecule has 0 saturated carbocycles. The molecule has 0 bridgehead atoms. The summed E-state index contributed by atoms with van der Waals surface area (Å²) >= 11 is 1.61. The summed E-state index contributed by atoms with van der Waals surface area (Å²) in [5, 5.41) is 3.00. The van der Waals surface area contributed by atoms with E-state index in [1.54, 1.807) is 60.9 Å². The second kappa shape index (κ2) is 6.33. The Labute approximate surface area is 116 Å². The van der Waals surface area contributed by atoms with Crippen LogP contribution in [-0.4, -0.2) is 36.5 Å². The number of methoxy groups -OCH3 is 1. The molecule has 1 amide bonds. The van der Waals surface area contributed by atoms with Crippen molar-refractivity contribution in [3.05, 3.63) is 46.4 Å². The Balaban J connectivity index is 1.94. The highest BCUT2D eigenvalue weighted by Crippen LogP contribution is 2.13. The van der Waals surface area contributed by atoms with Gasteiger partial charge < -0.3 is 9.64 Å². The molecule has 0 fully saturated rings. The minimum absolute atomic E-state index is 0.0132. The van der Waals surface area contributed by atoms with Gasteiger partial charge in [0.15, 0.2) is 0 Å². The highest BCUT2D eigenvalue weighted by molar-refractivity contribution is 7.09. The highest BCUT2D eigenvalue weighted by atomic mass is 32.1. The lowest BCUT2D eigenvalue weighted by atomic mass is 10.2. The maximum absolute atomic E-state index is 12.2. The lowest BCUT2D eigenvalue weighted by molar-refractivity contribution is 0.0796. The number of aromatic nitrogens is 1. The Kier molecular flexibility index (Phi) is 4.52. The van der Waals surface area contributed by atoms with Gasteiger partial charge in [0.25, 0.3) is 5.91 Å². The normalized spacial score (nSPS) is 10.2. The molecule has 0 aliphatic rings. The van der Waals surface area contributed by atoms with Crippen molar-refractivity contribution in [1.29, 1.82) is 0 Å². The van der Waals surface area contributed by atoms with Crippen LogP contribution >= 0.6 is 11.3 Å². The summed E-state index contributed by atoms with van der Waals surface area (Å²) in [6.07, 6.45) is 2.57. The lowest BCUT2D eigenvalue weighted by Gasteiger charge is -2.16. The molecule has 1 aromatic heterocycles. The van der Waals surface area contributed by atoms with E-state index in [2.05, 4.69) is 4.98 Å². The molecule has 0 spiro atoms. The Morgan fingerprint density at radius 1 is 1.37 bits per heavy atom. The van der Waals surface area contributed by atoms with Crippen LogP contribution in [0.3, 0.4) is 0 Å². The first-order chi connectivity index (χ1) is 9.20. The highest BCUT2D eigenvalue weighted by Gasteiger charge is 2.11. The molecule has 5 heteroatoms. The van der Waals surface area contributed by atoms with E-state index < -0.39 is 0 Å². The maximum atomic E-state index is 12.2. The van der Waals surface area contributed by atoms with Crippen molar-refractivity contribution in [2.24, 2.45) is 0 Å². The van der Waals surface area contributed by atoms with E-state index in [0.29, 0.717) is 12.1 Å². The number of nitrogens with zero attached hydrogens (tertiary/aromatic N) is 2. The SMILES string of the molecule is COc1ccc(C(=O)N(C)CCc2nccs2)cc1. The quantitative estimate of drug-likeness (QED) is 0.842. The number of rotatable bonds is 5. The first-order valence-corrected chi connectivity index (χ1v) is 6.86. The van der Waals surface area contributed by atoms with Crippen LogP contribution in [0, 0.1) is 0 Å². The van der Waals surface area contributed by atoms with Crippen molar-refractivity contribution in [3.8, 4) is 5.75 Å². The van der Waals surface area contributed by atoms with Crippen LogP contribution in [0.25, 0.3) is 0 Å². The number of benzene rings is 1. The van der Waals surface area contributed by atoms with Crippen LogP contribution in [0.5, 0.6) is 5.75 Å². The third-order valence-corrected chi connectivity index (χ3v) is 3.67. The minimum Gasteiger partial charge on any atom is -0.497 e. The van der Waals surface area contributed by atoms with Crippen LogP contribution in [0.1, 0.15) is 15.4 Å². The van der Waals surface area contributed by atoms with Crippen LogP contribution in [0.4, 0.5) is 0 Å². The lowest BCUT2D eigenvalue weighted by Crippen LogP contribution is -2.28. The predicted molar refractivity (Wildman–Crippen MR) is 75.8 cm³/mol. The molecule has 0 aliphatic carbocycles. The monoisotopic (exact) mass is 276 g/mol. The Bertz CT molecular complexity index is 523. The van der Waals surface area contributed by atoms with Crippen molar-refractivity contribution in [2.45, 2.75) is 6.42 Å². The summed E-state index contributed by atoms with van der Waals surface area (Å²) in [4.78, 5) is 18.1. The fraction of sp³-hybridized carbons (Fsp3) is 0.286. The van der Waals surface area contributed by atoms with Gasteiger partial charge in [-0.05, 0) is 24.3 Å². The summed E-state index contributed by atoms with van der Waals surface area (Å²) in [5.74, 6) is 0.765. The molecule has 19 heavy (non-hydrogen) atoms. The second-order valence-corrected chi connectivity index (χ2v) is 5.11. The van der Waals surface area contributed by atoms with E-state index in [-0.39, 0.29) is 5.91 Å². The van der Waals surface area contributed by atoms with Crippen LogP contribution in [-0.2, 0) is 6.42 Å². The summed E-state index contributed by atoms with van der Waals surface area (Å²) < 4.78 is 5.07. The molecule has 1 aromatic carbocycles. The number of carbonyl (C=O) groups excluding carboxylic acids is 1. The number of hydrogen-bond acceptors (Lipinski definition) is 4. The third kappa shape index (κ3) is 3.54. The molecule has 0 N–H and O–H groups in total. The van der Waals surface area contributed by atoms with Gasteiger partial charge in [0.05, 0.1) is 12.1 Å². The average molecular weight is 276 g/mol. The van der Waals surface area contributed by atoms with Crippen LogP contribution in [0.2, 0.25) is 0 Å². The van der Waals surface area contributed by atoms with E-state index in [1.165, 1.54) is 0 Å². The molecule has 1 heterocycles. The average Bonchev–Trinajstić information content (AvgIpc) is 2.97. The van der Waals surface area contributed by atoms with E-state index in [9.17, 15) is 4.79 Å². The number of amides is 1. The molecule has 2 aromatic rings. The zero-order valence-corrected chi connectivity index (χ0v) is 11.8. The third-order valence-electron chi connectivity index (χ3n) is 2.83. The van der Waals surface area contributed by atoms with Crippen LogP contribution < -0.4 is 4.74 Å². The van der Waals surface area contributed by atoms with Crippen molar-refractivity contribution in [1.82, 2.24) is 9.88 Å². The number of likely N-dealkylation sites (N-methyl/N-ethyl adjacent to an activating group) is 1. The van der Waals surface area contributed by atoms with Gasteiger partial charge in [-0.2, -0.15) is 0 Å². The van der Waals surface area contributed by atoms with Gasteiger partial charge in [-0.15, -0.1) is 11.3 Å². The Morgan fingerprint density at radius 3 is 2.68 bits per heavy atom. The minimum atomic E-state index is 0.0132. The number of carbonyl (C=O) groups is 1. The predicted octanol–water partition coefficient (Wildman–Crippen LogP) is 2.47. The van der Waals surface area contributed by atoms with E-state index in [4.69, 9.17) is 4.74 Å². The van der Waals surface area contributed by atoms with Gasteiger partial charge in [0.1, 0.15) is 5.75 Å². The van der Waals surface area contributed by atoms with Crippen molar-refractivity contribution in [3.63, 3.8) is 0 Å². The Hall–Kier alpha value is -1.88. The molecule has 0 atom stereocenters. The van der Waals surface area contributed by atoms with Gasteiger partial charge in [0, 0.05) is 37.2 Å². The standard InChI is InChI=1S/C14H16N2O2S/c1-16(9-7-13-15-8-10-19-13)14(17)11-3-5-12(18-2)6-4-11/h3-6,8,10H,7,9H2,1-2H3. The molecule has 0 unspecified atom stereocenters. The van der Waals surface area contributed by atoms with Crippen molar-refractivity contribution >= 4 is 17.2 Å². The molecule has 4 nitrogen and oxygen atoms in total. The van der Waals surface area contributed by atoms with Gasteiger partial charge >= 0.3 is 0 Å². The second-order valence-electron chi connectivity index (χ2n) is 4.13. The zero-order valence-electron chi connectivity index (χ0n) is 11.0. The summed E-state index contributed by atoms with van der Waals surface area (Å²) in [5.41, 5.74) is 0.669. The molecule has 0 radical (unpaired) electrons. The fourth-order valence-electron chi connectivity index (χ4n) is 1.70. The smallest absolute Gasteiger partial charge is 0.253 e. The van der Waals surface area contributed by atoms with Gasteiger partial charge in [-0.1, -0.05) is 0 Å². The number of ether oxygens (including phenoxy) is 1. The first kappa shape index (κ1) is 13.5. The topological polar surface area (TPSA) is 42.4 Å². The first-order valence-electron chi connectivity index (χ1n) is 5.98. The largest absolute Gasteiger partial charge is 0.497 e. The van der Waals surface area contributed by atoms with Crippen LogP contribution in [0.15, 0.2) is 35.8 Å². The van der Waals surface area contributed by atoms with Gasteiger partial charge in [0.2, 0.25) is 0 Å². The van der Waals surface area contributed by atoms with Crippen molar-refractivity contribution in [2.75, 3.05) is 20.7 Å². The van der Waals surface area contributed by atoms with Crippen molar-refractivity contribution < 1.29 is 9.53 Å². The molecule has 100 valence electrons. The Morgan fingerprint density at radius 2 is 2.11 bits per heavy atom. The molecular weight excluding hydrogens is 260 g/mol. The number of hydrogen-bond donors (Lipinski definition) is 0. The van der Waals surface area contributed by atoms with E-state index in [0.717, 1.165) is 17.2 Å². The van der Waals surface area contributed by atoms with Gasteiger partial charge in [-0.25, -0.2) is 4.98 Å².